The maximum absolute atomic E-state index is 13.6. The fourth-order valence-corrected chi connectivity index (χ4v) is 5.10. The van der Waals surface area contributed by atoms with E-state index in [-0.39, 0.29) is 31.0 Å². The molecule has 2 aromatic heterocycles. The normalized spacial score (nSPS) is 20.1. The van der Waals surface area contributed by atoms with E-state index in [4.69, 9.17) is 5.73 Å². The Hall–Kier alpha value is -3.32. The molecule has 0 unspecified atom stereocenters. The molecule has 2 aliphatic heterocycles. The molecule has 4 N–H and O–H groups in total. The number of aromatic nitrogens is 4. The van der Waals surface area contributed by atoms with Crippen molar-refractivity contribution in [3.63, 3.8) is 0 Å². The number of halogens is 3. The highest BCUT2D eigenvalue weighted by molar-refractivity contribution is 5.85. The third-order valence-electron chi connectivity index (χ3n) is 7.12. The summed E-state index contributed by atoms with van der Waals surface area (Å²) >= 11 is 0. The van der Waals surface area contributed by atoms with Crippen molar-refractivity contribution in [2.24, 2.45) is 0 Å². The lowest BCUT2D eigenvalue weighted by Gasteiger charge is -2.35. The minimum Gasteiger partial charge on any atom is -0.394 e. The second-order valence-corrected chi connectivity index (χ2v) is 9.74. The molecule has 210 valence electrons. The first-order valence-electron chi connectivity index (χ1n) is 12.7. The third-order valence-corrected chi connectivity index (χ3v) is 7.12. The number of benzene rings is 1. The molecule has 13 heteroatoms. The van der Waals surface area contributed by atoms with Crippen molar-refractivity contribution in [1.29, 1.82) is 0 Å². The van der Waals surface area contributed by atoms with Gasteiger partial charge in [0.2, 0.25) is 5.95 Å². The van der Waals surface area contributed by atoms with E-state index in [2.05, 4.69) is 26.0 Å². The van der Waals surface area contributed by atoms with Crippen molar-refractivity contribution in [3.8, 4) is 5.82 Å². The maximum Gasteiger partial charge on any atom is 0.224 e. The summed E-state index contributed by atoms with van der Waals surface area (Å²) in [7, 11) is 0. The molecule has 0 spiro atoms. The highest BCUT2D eigenvalue weighted by atomic mass is 35.5. The molecule has 3 aromatic rings. The Kier molecular flexibility index (Phi) is 9.01. The lowest BCUT2D eigenvalue weighted by Crippen LogP contribution is -2.46. The van der Waals surface area contributed by atoms with Crippen molar-refractivity contribution in [2.45, 2.75) is 25.5 Å². The van der Waals surface area contributed by atoms with Gasteiger partial charge in [-0.1, -0.05) is 12.2 Å². The number of hydrogen-bond donors (Lipinski definition) is 3. The Morgan fingerprint density at radius 3 is 2.44 bits per heavy atom. The summed E-state index contributed by atoms with van der Waals surface area (Å²) in [5, 5.41) is 24.2. The zero-order valence-electron chi connectivity index (χ0n) is 21.6. The van der Waals surface area contributed by atoms with Crippen LogP contribution in [-0.2, 0) is 0 Å². The molecule has 2 atom stereocenters. The van der Waals surface area contributed by atoms with E-state index >= 15 is 0 Å². The molecule has 2 fully saturated rings. The van der Waals surface area contributed by atoms with Crippen LogP contribution in [0, 0.1) is 18.6 Å². The summed E-state index contributed by atoms with van der Waals surface area (Å²) in [6, 6.07) is 5.15. The average molecular weight is 563 g/mol. The Labute approximate surface area is 231 Å². The summed E-state index contributed by atoms with van der Waals surface area (Å²) in [6.45, 7) is 5.89. The highest BCUT2D eigenvalue weighted by Crippen LogP contribution is 2.27. The second kappa shape index (κ2) is 12.2. The number of nitrogens with zero attached hydrogens (tertiary/aromatic N) is 7. The largest absolute Gasteiger partial charge is 0.394 e. The molecule has 10 nitrogen and oxygen atoms in total. The van der Waals surface area contributed by atoms with Crippen LogP contribution in [0.5, 0.6) is 0 Å². The summed E-state index contributed by atoms with van der Waals surface area (Å²) < 4.78 is 28.8. The van der Waals surface area contributed by atoms with Crippen LogP contribution in [-0.4, -0.2) is 92.9 Å². The minimum absolute atomic E-state index is 0. The number of nitrogens with two attached hydrogens (primary N) is 1. The van der Waals surface area contributed by atoms with Gasteiger partial charge in [-0.2, -0.15) is 15.1 Å². The first kappa shape index (κ1) is 28.7. The molecular weight excluding hydrogens is 530 g/mol. The summed E-state index contributed by atoms with van der Waals surface area (Å²) in [4.78, 5) is 14.8. The maximum atomic E-state index is 13.6. The van der Waals surface area contributed by atoms with Gasteiger partial charge in [-0.3, -0.25) is 4.90 Å². The van der Waals surface area contributed by atoms with Crippen LogP contribution in [0.1, 0.15) is 17.7 Å². The van der Waals surface area contributed by atoms with Crippen LogP contribution in [0.2, 0.25) is 0 Å². The Morgan fingerprint density at radius 1 is 1.05 bits per heavy atom. The molecule has 0 bridgehead atoms. The molecule has 0 radical (unpaired) electrons. The molecule has 4 heterocycles. The van der Waals surface area contributed by atoms with Crippen LogP contribution >= 0.6 is 12.4 Å². The molecule has 0 aliphatic carbocycles. The number of piperazine rings is 1. The quantitative estimate of drug-likeness (QED) is 0.397. The van der Waals surface area contributed by atoms with Gasteiger partial charge in [0.15, 0.2) is 5.82 Å². The van der Waals surface area contributed by atoms with E-state index < -0.39 is 17.7 Å². The zero-order valence-corrected chi connectivity index (χ0v) is 22.4. The van der Waals surface area contributed by atoms with Crippen molar-refractivity contribution in [3.05, 3.63) is 59.4 Å². The van der Waals surface area contributed by atoms with Crippen molar-refractivity contribution in [2.75, 3.05) is 61.4 Å². The molecule has 39 heavy (non-hydrogen) atoms. The molecule has 2 aliphatic rings. The second-order valence-electron chi connectivity index (χ2n) is 9.74. The molecule has 5 rings (SSSR count). The smallest absolute Gasteiger partial charge is 0.224 e. The van der Waals surface area contributed by atoms with E-state index in [0.29, 0.717) is 43.4 Å². The predicted molar refractivity (Wildman–Crippen MR) is 148 cm³/mol. The van der Waals surface area contributed by atoms with E-state index in [1.165, 1.54) is 12.1 Å². The highest BCUT2D eigenvalue weighted by Gasteiger charge is 2.32. The van der Waals surface area contributed by atoms with Gasteiger partial charge in [-0.15, -0.1) is 12.4 Å². The molecule has 1 aromatic carbocycles. The minimum atomic E-state index is -0.564. The van der Waals surface area contributed by atoms with Gasteiger partial charge in [0.25, 0.3) is 0 Å². The Morgan fingerprint density at radius 2 is 1.74 bits per heavy atom. The lowest BCUT2D eigenvalue weighted by atomic mass is 10.2. The van der Waals surface area contributed by atoms with Crippen LogP contribution in [0.15, 0.2) is 36.5 Å². The first-order valence-corrected chi connectivity index (χ1v) is 12.7. The predicted octanol–water partition coefficient (Wildman–Crippen LogP) is 2.02. The first-order chi connectivity index (χ1) is 18.3. The summed E-state index contributed by atoms with van der Waals surface area (Å²) in [5.41, 5.74) is 8.37. The Balaban J connectivity index is 0.00000353. The van der Waals surface area contributed by atoms with Crippen LogP contribution < -0.4 is 15.5 Å². The number of β-amino-alcohol motifs (C(OH)–C–C–N with tert-alkyl or cyclic N) is 1. The van der Waals surface area contributed by atoms with Gasteiger partial charge in [0.05, 0.1) is 30.6 Å². The van der Waals surface area contributed by atoms with Gasteiger partial charge >= 0.3 is 0 Å². The van der Waals surface area contributed by atoms with E-state index in [9.17, 15) is 19.0 Å². The van der Waals surface area contributed by atoms with E-state index in [1.54, 1.807) is 16.9 Å². The van der Waals surface area contributed by atoms with Gasteiger partial charge in [-0.25, -0.2) is 13.5 Å². The average Bonchev–Trinajstić information content (AvgIpc) is 3.45. The topological polar surface area (TPSA) is 120 Å². The van der Waals surface area contributed by atoms with Crippen LogP contribution in [0.3, 0.4) is 0 Å². The molecule has 2 saturated heterocycles. The molecular formula is C26H33ClF2N8O2. The zero-order chi connectivity index (χ0) is 26.8. The molecule has 0 amide bonds. The van der Waals surface area contributed by atoms with Crippen LogP contribution in [0.25, 0.3) is 11.9 Å². The SMILES string of the molecule is Cc1c(C=CCN2CCN(c3cc(F)cc(F)c3)CC2)cnn1-c1cc(N2C[C@@H](O)C[C@H]2CO)nc(N)n1.Cl. The van der Waals surface area contributed by atoms with Gasteiger partial charge in [0, 0.05) is 62.7 Å². The van der Waals surface area contributed by atoms with Gasteiger partial charge < -0.3 is 25.7 Å². The van der Waals surface area contributed by atoms with Gasteiger partial charge in [-0.05, 0) is 25.5 Å². The Bertz CT molecular complexity index is 1290. The van der Waals surface area contributed by atoms with Crippen molar-refractivity contribution in [1.82, 2.24) is 24.6 Å². The van der Waals surface area contributed by atoms with E-state index in [1.807, 2.05) is 22.8 Å². The lowest BCUT2D eigenvalue weighted by molar-refractivity contribution is 0.184. The summed E-state index contributed by atoms with van der Waals surface area (Å²) in [6.07, 6.45) is 5.77. The summed E-state index contributed by atoms with van der Waals surface area (Å²) in [5.74, 6) is 0.00301. The number of hydrogen-bond acceptors (Lipinski definition) is 9. The third kappa shape index (κ3) is 6.47. The standard InChI is InChI=1S/C26H32F2N8O2.ClH/c1-17-18(3-2-4-33-5-7-34(8-6-33)21-10-19(27)9-20(28)11-21)14-30-36(17)25-13-24(31-26(29)32-25)35-15-23(38)12-22(35)16-37;/h2-3,9-11,13-14,22-23,37-38H,4-8,12,15-16H2,1H3,(H2,29,31,32);1H/t22-,23-;/m0./s1. The van der Waals surface area contributed by atoms with Crippen molar-refractivity contribution < 1.29 is 19.0 Å². The fourth-order valence-electron chi connectivity index (χ4n) is 5.10. The van der Waals surface area contributed by atoms with Crippen molar-refractivity contribution >= 4 is 35.9 Å². The van der Waals surface area contributed by atoms with Gasteiger partial charge in [0.1, 0.15) is 17.5 Å². The van der Waals surface area contributed by atoms with Crippen LogP contribution in [0.4, 0.5) is 26.2 Å². The number of aliphatic hydroxyl groups is 2. The fraction of sp³-hybridized carbons (Fsp3) is 0.423. The number of nitrogen functional groups attached to an aromatic ring is 1. The number of rotatable bonds is 7. The van der Waals surface area contributed by atoms with E-state index in [0.717, 1.165) is 37.0 Å². The molecule has 0 saturated carbocycles. The monoisotopic (exact) mass is 562 g/mol. The number of anilines is 3. The number of aliphatic hydroxyl groups excluding tert-OH is 2.